The third-order valence-electron chi connectivity index (χ3n) is 2.41. The summed E-state index contributed by atoms with van der Waals surface area (Å²) in [6.45, 7) is 6.52. The number of nitrogens with zero attached hydrogens (tertiary/aromatic N) is 4. The third kappa shape index (κ3) is 3.27. The van der Waals surface area contributed by atoms with Gasteiger partial charge in [0.1, 0.15) is 0 Å². The van der Waals surface area contributed by atoms with Gasteiger partial charge in [0.05, 0.1) is 18.1 Å². The molecule has 1 N–H and O–H groups in total. The lowest BCUT2D eigenvalue weighted by Gasteiger charge is -2.02. The van der Waals surface area contributed by atoms with E-state index in [0.29, 0.717) is 11.6 Å². The molecule has 0 radical (unpaired) electrons. The van der Waals surface area contributed by atoms with E-state index in [9.17, 15) is 0 Å². The highest BCUT2D eigenvalue weighted by Gasteiger charge is 2.02. The molecule has 0 spiro atoms. The van der Waals surface area contributed by atoms with Crippen molar-refractivity contribution < 1.29 is 4.74 Å². The minimum Gasteiger partial charge on any atom is -0.434 e. The summed E-state index contributed by atoms with van der Waals surface area (Å²) < 4.78 is 7.34. The molecule has 0 atom stereocenters. The Labute approximate surface area is 106 Å². The van der Waals surface area contributed by atoms with Gasteiger partial charge in [0.15, 0.2) is 5.75 Å². The van der Waals surface area contributed by atoms with Crippen molar-refractivity contribution in [2.24, 2.45) is 0 Å². The minimum atomic E-state index is 0.478. The Morgan fingerprint density at radius 2 is 2.17 bits per heavy atom. The van der Waals surface area contributed by atoms with Gasteiger partial charge in [-0.15, -0.1) is 5.10 Å². The van der Waals surface area contributed by atoms with Crippen molar-refractivity contribution in [3.8, 4) is 11.6 Å². The molecule has 0 fully saturated rings. The van der Waals surface area contributed by atoms with Gasteiger partial charge in [-0.05, 0) is 19.5 Å². The van der Waals surface area contributed by atoms with Crippen molar-refractivity contribution in [1.29, 1.82) is 0 Å². The molecular weight excluding hydrogens is 230 g/mol. The summed E-state index contributed by atoms with van der Waals surface area (Å²) in [5, 5.41) is 15.4. The fraction of sp³-hybridized carbons (Fsp3) is 0.417. The van der Waals surface area contributed by atoms with Crippen molar-refractivity contribution in [2.45, 2.75) is 26.9 Å². The van der Waals surface area contributed by atoms with Crippen LogP contribution in [0.15, 0.2) is 24.5 Å². The number of nitrogens with one attached hydrogen (secondary N) is 1. The lowest BCUT2D eigenvalue weighted by Crippen LogP contribution is -2.13. The number of aryl methyl sites for hydroxylation is 1. The fourth-order valence-electron chi connectivity index (χ4n) is 1.44. The third-order valence-corrected chi connectivity index (χ3v) is 2.41. The Balaban J connectivity index is 1.97. The summed E-state index contributed by atoms with van der Waals surface area (Å²) in [5.41, 5.74) is 0.897. The molecule has 6 nitrogen and oxygen atoms in total. The monoisotopic (exact) mass is 247 g/mol. The van der Waals surface area contributed by atoms with E-state index in [-0.39, 0.29) is 0 Å². The molecule has 96 valence electrons. The zero-order chi connectivity index (χ0) is 12.8. The predicted molar refractivity (Wildman–Crippen MR) is 67.4 cm³/mol. The second-order valence-corrected chi connectivity index (χ2v) is 3.78. The molecule has 2 rings (SSSR count). The highest BCUT2D eigenvalue weighted by atomic mass is 16.5. The average molecular weight is 247 g/mol. The summed E-state index contributed by atoms with van der Waals surface area (Å²) in [6, 6.07) is 3.71. The molecule has 0 aromatic carbocycles. The van der Waals surface area contributed by atoms with Crippen molar-refractivity contribution in [1.82, 2.24) is 25.3 Å². The number of hydrogen-bond acceptors (Lipinski definition) is 5. The summed E-state index contributed by atoms with van der Waals surface area (Å²) in [7, 11) is 0. The summed E-state index contributed by atoms with van der Waals surface area (Å²) in [6.07, 6.45) is 3.49. The van der Waals surface area contributed by atoms with E-state index in [1.165, 1.54) is 0 Å². The average Bonchev–Trinajstić information content (AvgIpc) is 2.86. The van der Waals surface area contributed by atoms with E-state index in [0.717, 1.165) is 25.3 Å². The van der Waals surface area contributed by atoms with E-state index in [1.807, 2.05) is 25.3 Å². The fourth-order valence-corrected chi connectivity index (χ4v) is 1.44. The molecule has 6 heteroatoms. The molecule has 0 saturated carbocycles. The Morgan fingerprint density at radius 1 is 1.28 bits per heavy atom. The molecular formula is C12H17N5O. The number of hydrogen-bond donors (Lipinski definition) is 1. The topological polar surface area (TPSA) is 64.9 Å². The molecule has 0 aliphatic carbocycles. The van der Waals surface area contributed by atoms with E-state index in [2.05, 4.69) is 27.5 Å². The van der Waals surface area contributed by atoms with Crippen LogP contribution in [0, 0.1) is 0 Å². The van der Waals surface area contributed by atoms with E-state index in [4.69, 9.17) is 4.74 Å². The van der Waals surface area contributed by atoms with Crippen LogP contribution in [0.5, 0.6) is 11.6 Å². The SMILES string of the molecule is CCNCc1ccc(Oc2cnn(CC)c2)nn1. The Kier molecular flexibility index (Phi) is 4.25. The molecule has 2 heterocycles. The molecule has 0 unspecified atom stereocenters. The number of ether oxygens (including phenoxy) is 1. The number of rotatable bonds is 6. The quantitative estimate of drug-likeness (QED) is 0.839. The van der Waals surface area contributed by atoms with E-state index in [1.54, 1.807) is 10.9 Å². The Bertz CT molecular complexity index is 479. The molecule has 0 saturated heterocycles. The van der Waals surface area contributed by atoms with Crippen molar-refractivity contribution in [2.75, 3.05) is 6.54 Å². The summed E-state index contributed by atoms with van der Waals surface area (Å²) in [4.78, 5) is 0. The van der Waals surface area contributed by atoms with Crippen molar-refractivity contribution in [3.05, 3.63) is 30.2 Å². The normalized spacial score (nSPS) is 10.6. The van der Waals surface area contributed by atoms with Gasteiger partial charge in [-0.25, -0.2) is 0 Å². The lowest BCUT2D eigenvalue weighted by atomic mass is 10.4. The second-order valence-electron chi connectivity index (χ2n) is 3.78. The summed E-state index contributed by atoms with van der Waals surface area (Å²) >= 11 is 0. The van der Waals surface area contributed by atoms with Gasteiger partial charge in [-0.3, -0.25) is 4.68 Å². The van der Waals surface area contributed by atoms with Gasteiger partial charge in [0, 0.05) is 19.2 Å². The van der Waals surface area contributed by atoms with Crippen LogP contribution in [0.3, 0.4) is 0 Å². The maximum absolute atomic E-state index is 5.54. The smallest absolute Gasteiger partial charge is 0.239 e. The zero-order valence-corrected chi connectivity index (χ0v) is 10.6. The van der Waals surface area contributed by atoms with E-state index >= 15 is 0 Å². The Hall–Kier alpha value is -1.95. The van der Waals surface area contributed by atoms with Crippen LogP contribution in [0.1, 0.15) is 19.5 Å². The maximum Gasteiger partial charge on any atom is 0.239 e. The van der Waals surface area contributed by atoms with Crippen LogP contribution >= 0.6 is 0 Å². The predicted octanol–water partition coefficient (Wildman–Crippen LogP) is 1.59. The minimum absolute atomic E-state index is 0.478. The van der Waals surface area contributed by atoms with Crippen LogP contribution in [0.2, 0.25) is 0 Å². The van der Waals surface area contributed by atoms with E-state index < -0.39 is 0 Å². The molecule has 0 amide bonds. The second kappa shape index (κ2) is 6.11. The van der Waals surface area contributed by atoms with Crippen LogP contribution < -0.4 is 10.1 Å². The molecule has 0 bridgehead atoms. The summed E-state index contributed by atoms with van der Waals surface area (Å²) in [5.74, 6) is 1.15. The molecule has 0 aliphatic rings. The van der Waals surface area contributed by atoms with Crippen LogP contribution in [0.25, 0.3) is 0 Å². The first-order valence-corrected chi connectivity index (χ1v) is 6.05. The highest BCUT2D eigenvalue weighted by Crippen LogP contribution is 2.17. The molecule has 18 heavy (non-hydrogen) atoms. The van der Waals surface area contributed by atoms with Gasteiger partial charge in [-0.1, -0.05) is 6.92 Å². The van der Waals surface area contributed by atoms with Gasteiger partial charge in [-0.2, -0.15) is 10.2 Å². The molecule has 0 aliphatic heterocycles. The largest absolute Gasteiger partial charge is 0.434 e. The first-order valence-electron chi connectivity index (χ1n) is 6.05. The van der Waals surface area contributed by atoms with Crippen LogP contribution in [0.4, 0.5) is 0 Å². The van der Waals surface area contributed by atoms with Crippen molar-refractivity contribution in [3.63, 3.8) is 0 Å². The Morgan fingerprint density at radius 3 is 2.78 bits per heavy atom. The maximum atomic E-state index is 5.54. The first-order chi connectivity index (χ1) is 8.81. The first kappa shape index (κ1) is 12.5. The molecule has 2 aromatic heterocycles. The van der Waals surface area contributed by atoms with Crippen LogP contribution in [-0.2, 0) is 13.1 Å². The lowest BCUT2D eigenvalue weighted by molar-refractivity contribution is 0.452. The van der Waals surface area contributed by atoms with Crippen LogP contribution in [-0.4, -0.2) is 26.5 Å². The molecule has 2 aromatic rings. The standard InChI is InChI=1S/C12H17N5O/c1-3-13-7-10-5-6-12(16-15-10)18-11-8-14-17(4-2)9-11/h5-6,8-9,13H,3-4,7H2,1-2H3. The zero-order valence-electron chi connectivity index (χ0n) is 10.6. The van der Waals surface area contributed by atoms with Crippen molar-refractivity contribution >= 4 is 0 Å². The number of aromatic nitrogens is 4. The van der Waals surface area contributed by atoms with Gasteiger partial charge in [0.25, 0.3) is 0 Å². The van der Waals surface area contributed by atoms with Gasteiger partial charge >= 0.3 is 0 Å². The van der Waals surface area contributed by atoms with Gasteiger partial charge in [0.2, 0.25) is 5.88 Å². The highest BCUT2D eigenvalue weighted by molar-refractivity contribution is 5.21. The van der Waals surface area contributed by atoms with Gasteiger partial charge < -0.3 is 10.1 Å².